The zero-order valence-electron chi connectivity index (χ0n) is 19.5. The molecule has 1 aromatic heterocycles. The summed E-state index contributed by atoms with van der Waals surface area (Å²) in [4.78, 5) is 26.0. The second-order valence-corrected chi connectivity index (χ2v) is 11.2. The Morgan fingerprint density at radius 2 is 1.85 bits per heavy atom. The van der Waals surface area contributed by atoms with E-state index < -0.39 is 32.0 Å². The highest BCUT2D eigenvalue weighted by Gasteiger charge is 2.25. The normalized spacial score (nSPS) is 17.0. The Kier molecular flexibility index (Phi) is 8.65. The molecule has 6 nitrogen and oxygen atoms in total. The zero-order chi connectivity index (χ0) is 24.9. The van der Waals surface area contributed by atoms with Crippen molar-refractivity contribution in [3.63, 3.8) is 0 Å². The maximum atomic E-state index is 13.6. The van der Waals surface area contributed by atoms with Crippen molar-refractivity contribution in [3.8, 4) is 22.7 Å². The number of aliphatic carboxylic acids is 1. The van der Waals surface area contributed by atoms with Crippen LogP contribution in [0.3, 0.4) is 0 Å². The lowest BCUT2D eigenvalue weighted by Crippen LogP contribution is -2.17. The van der Waals surface area contributed by atoms with Gasteiger partial charge in [0, 0.05) is 17.2 Å². The van der Waals surface area contributed by atoms with E-state index in [9.17, 15) is 23.7 Å². The first-order chi connectivity index (χ1) is 16.1. The molecule has 1 unspecified atom stereocenters. The number of pyridine rings is 1. The van der Waals surface area contributed by atoms with E-state index in [4.69, 9.17) is 10.1 Å². The number of aliphatic hydroxyl groups excluding tert-OH is 1. The first-order valence-electron chi connectivity index (χ1n) is 11.6. The third-order valence-corrected chi connectivity index (χ3v) is 7.39. The lowest BCUT2D eigenvalue weighted by atomic mass is 9.84. The van der Waals surface area contributed by atoms with Crippen LogP contribution in [0.25, 0.3) is 11.1 Å². The van der Waals surface area contributed by atoms with Crippen LogP contribution in [0.1, 0.15) is 81.2 Å². The number of benzene rings is 1. The fourth-order valence-corrected chi connectivity index (χ4v) is 5.42. The first-order valence-corrected chi connectivity index (χ1v) is 13.5. The number of aromatic nitrogens is 1. The van der Waals surface area contributed by atoms with E-state index in [1.807, 2.05) is 19.9 Å². The summed E-state index contributed by atoms with van der Waals surface area (Å²) in [6, 6.07) is 7.99. The van der Waals surface area contributed by atoms with Gasteiger partial charge in [-0.2, -0.15) is 0 Å². The monoisotopic (exact) mass is 487 g/mol. The molecule has 1 heterocycles. The molecule has 182 valence electrons. The molecular formula is C26H31FNO5P. The molecule has 0 saturated heterocycles. The van der Waals surface area contributed by atoms with Gasteiger partial charge in [0.2, 0.25) is 0 Å². The van der Waals surface area contributed by atoms with Gasteiger partial charge in [-0.15, -0.1) is 0 Å². The van der Waals surface area contributed by atoms with Gasteiger partial charge in [0.15, 0.2) is 0 Å². The molecule has 1 fully saturated rings. The quantitative estimate of drug-likeness (QED) is 0.353. The molecule has 1 saturated carbocycles. The lowest BCUT2D eigenvalue weighted by Gasteiger charge is -2.24. The van der Waals surface area contributed by atoms with Gasteiger partial charge in [-0.05, 0) is 48.2 Å². The average molecular weight is 488 g/mol. The summed E-state index contributed by atoms with van der Waals surface area (Å²) in [6.45, 7) is 3.95. The summed E-state index contributed by atoms with van der Waals surface area (Å²) < 4.78 is 26.2. The highest BCUT2D eigenvalue weighted by Crippen LogP contribution is 2.41. The minimum atomic E-state index is -4.14. The molecule has 0 aliphatic heterocycles. The van der Waals surface area contributed by atoms with Crippen molar-refractivity contribution in [1.29, 1.82) is 0 Å². The van der Waals surface area contributed by atoms with Gasteiger partial charge in [-0.3, -0.25) is 14.3 Å². The van der Waals surface area contributed by atoms with Crippen molar-refractivity contribution in [1.82, 2.24) is 4.98 Å². The Morgan fingerprint density at radius 1 is 1.21 bits per heavy atom. The fourth-order valence-electron chi connectivity index (χ4n) is 4.34. The molecule has 0 amide bonds. The summed E-state index contributed by atoms with van der Waals surface area (Å²) in [5, 5.41) is 18.6. The number of aliphatic hydroxyl groups is 1. The molecule has 2 aromatic rings. The molecule has 3 N–H and O–H groups in total. The second kappa shape index (κ2) is 11.3. The largest absolute Gasteiger partial charge is 0.481 e. The first kappa shape index (κ1) is 26.1. The van der Waals surface area contributed by atoms with Crippen LogP contribution >= 0.6 is 7.37 Å². The Balaban J connectivity index is 2.11. The topological polar surface area (TPSA) is 108 Å². The molecule has 34 heavy (non-hydrogen) atoms. The molecule has 2 atom stereocenters. The van der Waals surface area contributed by atoms with Crippen molar-refractivity contribution >= 4 is 13.3 Å². The van der Waals surface area contributed by atoms with Crippen molar-refractivity contribution in [3.05, 3.63) is 53.1 Å². The molecular weight excluding hydrogens is 456 g/mol. The number of hydrogen-bond donors (Lipinski definition) is 3. The lowest BCUT2D eigenvalue weighted by molar-refractivity contribution is -0.138. The van der Waals surface area contributed by atoms with Crippen LogP contribution in [-0.2, 0) is 9.36 Å². The van der Waals surface area contributed by atoms with E-state index in [0.717, 1.165) is 42.5 Å². The highest BCUT2D eigenvalue weighted by molar-refractivity contribution is 7.63. The second-order valence-electron chi connectivity index (χ2n) is 9.22. The van der Waals surface area contributed by atoms with Gasteiger partial charge in [-0.25, -0.2) is 4.39 Å². The predicted octanol–water partition coefficient (Wildman–Crippen LogP) is 5.47. The maximum absolute atomic E-state index is 13.6. The number of carbonyl (C=O) groups is 1. The van der Waals surface area contributed by atoms with Crippen molar-refractivity contribution in [2.24, 2.45) is 0 Å². The van der Waals surface area contributed by atoms with E-state index in [0.29, 0.717) is 17.2 Å². The summed E-state index contributed by atoms with van der Waals surface area (Å²) in [5.41, 5.74) is 5.98. The third kappa shape index (κ3) is 6.99. The predicted molar refractivity (Wildman–Crippen MR) is 129 cm³/mol. The minimum Gasteiger partial charge on any atom is -0.481 e. The fraction of sp³-hybridized carbons (Fsp3) is 0.462. The van der Waals surface area contributed by atoms with Gasteiger partial charge < -0.3 is 15.1 Å². The molecule has 3 rings (SSSR count). The van der Waals surface area contributed by atoms with E-state index in [1.54, 1.807) is 12.1 Å². The SMILES string of the molecule is CC(C)c1nc(C2CCCCC2)cc(-c2ccc(F)cc2)c1C#CP(=O)(O)C[C@@H](O)CC(=O)O. The van der Waals surface area contributed by atoms with Gasteiger partial charge in [0.25, 0.3) is 7.37 Å². The van der Waals surface area contributed by atoms with Crippen LogP contribution in [0.2, 0.25) is 0 Å². The number of halogens is 1. The van der Waals surface area contributed by atoms with Gasteiger partial charge in [0.05, 0.1) is 29.9 Å². The van der Waals surface area contributed by atoms with Crippen LogP contribution in [0.15, 0.2) is 30.3 Å². The Bertz CT molecular complexity index is 1130. The van der Waals surface area contributed by atoms with Crippen LogP contribution in [0.4, 0.5) is 4.39 Å². The van der Waals surface area contributed by atoms with E-state index >= 15 is 0 Å². The van der Waals surface area contributed by atoms with Crippen molar-refractivity contribution < 1.29 is 28.9 Å². The average Bonchev–Trinajstić information content (AvgIpc) is 2.77. The number of rotatable bonds is 7. The van der Waals surface area contributed by atoms with Gasteiger partial charge >= 0.3 is 5.97 Å². The Morgan fingerprint density at radius 3 is 2.44 bits per heavy atom. The van der Waals surface area contributed by atoms with E-state index in [2.05, 4.69) is 11.6 Å². The van der Waals surface area contributed by atoms with Gasteiger partial charge in [0.1, 0.15) is 5.82 Å². The molecule has 1 aliphatic carbocycles. The third-order valence-electron chi connectivity index (χ3n) is 6.02. The van der Waals surface area contributed by atoms with Crippen molar-refractivity contribution in [2.75, 3.05) is 6.16 Å². The maximum Gasteiger partial charge on any atom is 0.305 e. The minimum absolute atomic E-state index is 0.0253. The highest BCUT2D eigenvalue weighted by atomic mass is 31.2. The Labute approximate surface area is 199 Å². The summed E-state index contributed by atoms with van der Waals surface area (Å²) in [5.74, 6) is 1.50. The van der Waals surface area contributed by atoms with Crippen LogP contribution < -0.4 is 0 Å². The summed E-state index contributed by atoms with van der Waals surface area (Å²) in [6.07, 6.45) is 2.84. The van der Waals surface area contributed by atoms with E-state index in [1.165, 1.54) is 18.6 Å². The summed E-state index contributed by atoms with van der Waals surface area (Å²) in [7, 11) is -4.14. The number of nitrogens with zero attached hydrogens (tertiary/aromatic N) is 1. The molecule has 1 aromatic carbocycles. The van der Waals surface area contributed by atoms with Crippen molar-refractivity contribution in [2.45, 2.75) is 70.3 Å². The number of hydrogen-bond acceptors (Lipinski definition) is 4. The smallest absolute Gasteiger partial charge is 0.305 e. The standard InChI is InChI=1S/C26H31FNO5P/c1-17(2)26-22(12-13-34(32,33)16-21(29)14-25(30)31)23(18-8-10-20(27)11-9-18)15-24(28-26)19-6-4-3-5-7-19/h8-11,15,17,19,21,29H,3-7,14,16H2,1-2H3,(H,30,31)(H,32,33)/t21-/m0/s1. The Hall–Kier alpha value is -2.52. The molecule has 0 bridgehead atoms. The van der Waals surface area contributed by atoms with Crippen LogP contribution in [0, 0.1) is 17.4 Å². The van der Waals surface area contributed by atoms with E-state index in [-0.39, 0.29) is 11.7 Å². The molecule has 0 spiro atoms. The molecule has 1 aliphatic rings. The molecule has 8 heteroatoms. The van der Waals surface area contributed by atoms with Crippen LogP contribution in [0.5, 0.6) is 0 Å². The number of carboxylic acids is 1. The van der Waals surface area contributed by atoms with Crippen LogP contribution in [-0.4, -0.2) is 38.3 Å². The summed E-state index contributed by atoms with van der Waals surface area (Å²) >= 11 is 0. The number of carboxylic acid groups (broad SMARTS) is 1. The zero-order valence-corrected chi connectivity index (χ0v) is 20.4. The molecule has 0 radical (unpaired) electrons. The van der Waals surface area contributed by atoms with Gasteiger partial charge in [-0.1, -0.05) is 51.2 Å².